The van der Waals surface area contributed by atoms with Gasteiger partial charge in [-0.1, -0.05) is 96.2 Å². The number of thioether (sulfide) groups is 1. The molecule has 1 aliphatic heterocycles. The topological polar surface area (TPSA) is 111 Å². The highest BCUT2D eigenvalue weighted by Crippen LogP contribution is 2.46. The van der Waals surface area contributed by atoms with E-state index in [0.29, 0.717) is 63.3 Å². The third-order valence-electron chi connectivity index (χ3n) is 7.78. The Balaban J connectivity index is 1.39. The highest BCUT2D eigenvalue weighted by molar-refractivity contribution is 8.00. The summed E-state index contributed by atoms with van der Waals surface area (Å²) in [6.07, 6.45) is 0.844. The Labute approximate surface area is 303 Å². The minimum absolute atomic E-state index is 0.0851. The Morgan fingerprint density at radius 3 is 2.40 bits per heavy atom. The van der Waals surface area contributed by atoms with Gasteiger partial charge in [-0.25, -0.2) is 0 Å². The lowest BCUT2D eigenvalue weighted by atomic mass is 9.95. The van der Waals surface area contributed by atoms with Crippen LogP contribution in [0.3, 0.4) is 0 Å². The largest absolute Gasteiger partial charge is 0.507 e. The standard InChI is InChI=1S/C38H34ClN3O6S2/c1-3-20-47-28-17-14-25(15-18-28)34(43)32-33(26-16-19-30(31(21-26)46-4-2)48-22-24-10-6-5-7-11-24)42(36(45)35(32)44)37-40-41-38(50-37)49-23-27-12-8-9-13-29(27)39/h5-19,21,33,43H,3-4,20,22-23H2,1-2H3. The van der Waals surface area contributed by atoms with Crippen molar-refractivity contribution < 1.29 is 28.9 Å². The van der Waals surface area contributed by atoms with Crippen molar-refractivity contribution >= 4 is 57.3 Å². The van der Waals surface area contributed by atoms with Crippen LogP contribution in [-0.4, -0.2) is 40.2 Å². The predicted molar refractivity (Wildman–Crippen MR) is 196 cm³/mol. The number of rotatable bonds is 14. The summed E-state index contributed by atoms with van der Waals surface area (Å²) in [6, 6.07) is 28.2. The van der Waals surface area contributed by atoms with E-state index in [2.05, 4.69) is 10.2 Å². The first kappa shape index (κ1) is 35.0. The molecule has 1 fully saturated rings. The van der Waals surface area contributed by atoms with Crippen molar-refractivity contribution in [1.82, 2.24) is 10.2 Å². The lowest BCUT2D eigenvalue weighted by Gasteiger charge is -2.23. The van der Waals surface area contributed by atoms with Gasteiger partial charge in [0.2, 0.25) is 5.13 Å². The van der Waals surface area contributed by atoms with Gasteiger partial charge in [0, 0.05) is 16.3 Å². The zero-order valence-electron chi connectivity index (χ0n) is 27.4. The fourth-order valence-electron chi connectivity index (χ4n) is 5.36. The summed E-state index contributed by atoms with van der Waals surface area (Å²) in [6.45, 7) is 5.08. The zero-order chi connectivity index (χ0) is 35.0. The number of ketones is 1. The molecule has 9 nitrogen and oxygen atoms in total. The normalized spacial score (nSPS) is 15.3. The van der Waals surface area contributed by atoms with Gasteiger partial charge >= 0.3 is 5.91 Å². The number of nitrogens with zero attached hydrogens (tertiary/aromatic N) is 3. The van der Waals surface area contributed by atoms with Gasteiger partial charge < -0.3 is 19.3 Å². The number of aliphatic hydroxyl groups is 1. The first-order chi connectivity index (χ1) is 24.4. The van der Waals surface area contributed by atoms with E-state index in [0.717, 1.165) is 17.5 Å². The molecular formula is C38H34ClN3O6S2. The molecule has 5 aromatic rings. The van der Waals surface area contributed by atoms with Gasteiger partial charge in [-0.3, -0.25) is 14.5 Å². The number of aliphatic hydroxyl groups excluding tert-OH is 1. The van der Waals surface area contributed by atoms with Crippen molar-refractivity contribution in [3.63, 3.8) is 0 Å². The van der Waals surface area contributed by atoms with Crippen molar-refractivity contribution in [1.29, 1.82) is 0 Å². The minimum Gasteiger partial charge on any atom is -0.507 e. The predicted octanol–water partition coefficient (Wildman–Crippen LogP) is 8.88. The van der Waals surface area contributed by atoms with E-state index in [1.807, 2.05) is 68.4 Å². The number of halogens is 1. The van der Waals surface area contributed by atoms with Crippen LogP contribution in [-0.2, 0) is 21.9 Å². The highest BCUT2D eigenvalue weighted by atomic mass is 35.5. The first-order valence-electron chi connectivity index (χ1n) is 16.0. The van der Waals surface area contributed by atoms with Crippen LogP contribution in [0.1, 0.15) is 48.6 Å². The number of anilines is 1. The Hall–Kier alpha value is -4.84. The summed E-state index contributed by atoms with van der Waals surface area (Å²) in [5.41, 5.74) is 2.71. The average Bonchev–Trinajstić information content (AvgIpc) is 3.71. The molecule has 0 aliphatic carbocycles. The molecule has 4 aromatic carbocycles. The van der Waals surface area contributed by atoms with Crippen LogP contribution in [0.5, 0.6) is 17.2 Å². The molecule has 1 unspecified atom stereocenters. The van der Waals surface area contributed by atoms with Gasteiger partial charge in [-0.2, -0.15) is 0 Å². The van der Waals surface area contributed by atoms with E-state index in [1.165, 1.54) is 28.0 Å². The molecule has 12 heteroatoms. The minimum atomic E-state index is -1.04. The Kier molecular flexibility index (Phi) is 11.4. The smallest absolute Gasteiger partial charge is 0.301 e. The van der Waals surface area contributed by atoms with Gasteiger partial charge in [0.15, 0.2) is 15.8 Å². The third kappa shape index (κ3) is 7.80. The van der Waals surface area contributed by atoms with E-state index in [9.17, 15) is 14.7 Å². The lowest BCUT2D eigenvalue weighted by molar-refractivity contribution is -0.132. The van der Waals surface area contributed by atoms with Gasteiger partial charge in [0.1, 0.15) is 18.1 Å². The molecule has 1 saturated heterocycles. The molecule has 6 rings (SSSR count). The zero-order valence-corrected chi connectivity index (χ0v) is 29.8. The molecule has 1 amide bonds. The van der Waals surface area contributed by atoms with E-state index in [-0.39, 0.29) is 16.5 Å². The number of aromatic nitrogens is 2. The Morgan fingerprint density at radius 2 is 1.66 bits per heavy atom. The molecular weight excluding hydrogens is 694 g/mol. The molecule has 1 aliphatic rings. The average molecular weight is 728 g/mol. The number of carbonyl (C=O) groups is 2. The number of hydrogen-bond acceptors (Lipinski definition) is 10. The van der Waals surface area contributed by atoms with E-state index >= 15 is 0 Å². The second-order valence-electron chi connectivity index (χ2n) is 11.2. The molecule has 1 aromatic heterocycles. The summed E-state index contributed by atoms with van der Waals surface area (Å²) < 4.78 is 18.4. The maximum absolute atomic E-state index is 13.8. The molecule has 1 atom stereocenters. The van der Waals surface area contributed by atoms with Gasteiger partial charge in [-0.15, -0.1) is 10.2 Å². The third-order valence-corrected chi connectivity index (χ3v) is 10.2. The Morgan fingerprint density at radius 1 is 0.900 bits per heavy atom. The molecule has 256 valence electrons. The summed E-state index contributed by atoms with van der Waals surface area (Å²) in [4.78, 5) is 29.0. The Bertz CT molecular complexity index is 2000. The van der Waals surface area contributed by atoms with Crippen LogP contribution in [0.25, 0.3) is 5.76 Å². The highest BCUT2D eigenvalue weighted by Gasteiger charge is 2.48. The number of Topliss-reactive ketones (excluding diaryl/α,β-unsaturated/α-hetero) is 1. The van der Waals surface area contributed by atoms with E-state index in [1.54, 1.807) is 42.5 Å². The van der Waals surface area contributed by atoms with Crippen molar-refractivity contribution in [3.05, 3.63) is 130 Å². The van der Waals surface area contributed by atoms with Crippen LogP contribution in [0, 0.1) is 0 Å². The first-order valence-corrected chi connectivity index (χ1v) is 18.2. The van der Waals surface area contributed by atoms with E-state index < -0.39 is 17.7 Å². The second kappa shape index (κ2) is 16.2. The quantitative estimate of drug-likeness (QED) is 0.0394. The van der Waals surface area contributed by atoms with Crippen LogP contribution >= 0.6 is 34.7 Å². The van der Waals surface area contributed by atoms with E-state index in [4.69, 9.17) is 25.8 Å². The molecule has 0 radical (unpaired) electrons. The van der Waals surface area contributed by atoms with Crippen LogP contribution in [0.4, 0.5) is 5.13 Å². The lowest BCUT2D eigenvalue weighted by Crippen LogP contribution is -2.29. The van der Waals surface area contributed by atoms with Crippen LogP contribution < -0.4 is 19.1 Å². The molecule has 1 N–H and O–H groups in total. The number of ether oxygens (including phenoxy) is 3. The van der Waals surface area contributed by atoms with Crippen molar-refractivity contribution in [3.8, 4) is 17.2 Å². The second-order valence-corrected chi connectivity index (χ2v) is 13.8. The fourth-order valence-corrected chi connectivity index (χ4v) is 7.51. The molecule has 2 heterocycles. The molecule has 50 heavy (non-hydrogen) atoms. The number of amides is 1. The summed E-state index contributed by atoms with van der Waals surface area (Å²) in [7, 11) is 0. The number of hydrogen-bond donors (Lipinski definition) is 1. The number of carbonyl (C=O) groups excluding carboxylic acids is 2. The SMILES string of the molecule is CCCOc1ccc(C(O)=C2C(=O)C(=O)N(c3nnc(SCc4ccccc4Cl)s3)C2c2ccc(OCc3ccccc3)c(OCC)c2)cc1. The maximum Gasteiger partial charge on any atom is 0.301 e. The van der Waals surface area contributed by atoms with Gasteiger partial charge in [0.05, 0.1) is 24.8 Å². The summed E-state index contributed by atoms with van der Waals surface area (Å²) in [5.74, 6) is 0.0887. The van der Waals surface area contributed by atoms with Crippen molar-refractivity contribution in [2.24, 2.45) is 0 Å². The monoisotopic (exact) mass is 727 g/mol. The molecule has 0 spiro atoms. The van der Waals surface area contributed by atoms with Gasteiger partial charge in [0.25, 0.3) is 5.78 Å². The van der Waals surface area contributed by atoms with Crippen molar-refractivity contribution in [2.75, 3.05) is 18.1 Å². The maximum atomic E-state index is 13.8. The fraction of sp³-hybridized carbons (Fsp3) is 0.211. The van der Waals surface area contributed by atoms with Crippen LogP contribution in [0.2, 0.25) is 5.02 Å². The summed E-state index contributed by atoms with van der Waals surface area (Å²) in [5, 5.41) is 21.2. The number of benzene rings is 4. The van der Waals surface area contributed by atoms with Gasteiger partial charge in [-0.05, 0) is 72.5 Å². The van der Waals surface area contributed by atoms with Crippen LogP contribution in [0.15, 0.2) is 107 Å². The molecule has 0 saturated carbocycles. The van der Waals surface area contributed by atoms with Crippen molar-refractivity contribution in [2.45, 2.75) is 43.0 Å². The summed E-state index contributed by atoms with van der Waals surface area (Å²) >= 11 is 8.95. The molecule has 0 bridgehead atoms.